The zero-order valence-electron chi connectivity index (χ0n) is 10.7. The van der Waals surface area contributed by atoms with Gasteiger partial charge in [0, 0.05) is 16.5 Å². The predicted molar refractivity (Wildman–Crippen MR) is 76.4 cm³/mol. The maximum absolute atomic E-state index is 10.4. The number of rotatable bonds is 1. The van der Waals surface area contributed by atoms with Crippen LogP contribution in [0.15, 0.2) is 42.5 Å². The minimum atomic E-state index is 0.119. The van der Waals surface area contributed by atoms with Crippen LogP contribution in [0.3, 0.4) is 0 Å². The first-order chi connectivity index (χ1) is 9.83. The second-order valence-corrected chi connectivity index (χ2v) is 4.76. The average molecular weight is 267 g/mol. The highest BCUT2D eigenvalue weighted by atomic mass is 16.6. The van der Waals surface area contributed by atoms with Crippen molar-refractivity contribution in [3.63, 3.8) is 0 Å². The van der Waals surface area contributed by atoms with Crippen molar-refractivity contribution in [2.45, 2.75) is 0 Å². The molecular weight excluding hydrogens is 254 g/mol. The second kappa shape index (κ2) is 4.20. The van der Waals surface area contributed by atoms with E-state index in [4.69, 9.17) is 9.47 Å². The molecule has 0 bridgehead atoms. The summed E-state index contributed by atoms with van der Waals surface area (Å²) in [6.07, 6.45) is 0. The Labute approximate surface area is 115 Å². The van der Waals surface area contributed by atoms with E-state index in [2.05, 4.69) is 4.98 Å². The molecule has 3 aromatic rings. The Kier molecular flexibility index (Phi) is 2.36. The molecule has 2 aromatic carbocycles. The lowest BCUT2D eigenvalue weighted by molar-refractivity contribution is 0.166. The van der Waals surface area contributed by atoms with E-state index in [-0.39, 0.29) is 5.75 Å². The fourth-order valence-electron chi connectivity index (χ4n) is 2.54. The Balaban J connectivity index is 1.89. The molecule has 0 spiro atoms. The number of ether oxygens (including phenoxy) is 2. The fourth-order valence-corrected chi connectivity index (χ4v) is 2.54. The molecule has 1 aliphatic rings. The van der Waals surface area contributed by atoms with Crippen molar-refractivity contribution in [2.75, 3.05) is 13.2 Å². The zero-order valence-corrected chi connectivity index (χ0v) is 10.7. The summed E-state index contributed by atoms with van der Waals surface area (Å²) in [6.45, 7) is 0.967. The topological polar surface area (TPSA) is 54.5 Å². The number of hydrogen-bond donors (Lipinski definition) is 2. The molecule has 0 atom stereocenters. The summed E-state index contributed by atoms with van der Waals surface area (Å²) in [5, 5.41) is 11.5. The SMILES string of the molecule is Oc1c(-c2cc3ccccc3[nH]2)ccc2c1OCCO2. The Morgan fingerprint density at radius 2 is 1.85 bits per heavy atom. The van der Waals surface area contributed by atoms with E-state index >= 15 is 0 Å². The van der Waals surface area contributed by atoms with Gasteiger partial charge in [-0.1, -0.05) is 18.2 Å². The lowest BCUT2D eigenvalue weighted by atomic mass is 10.1. The minimum Gasteiger partial charge on any atom is -0.504 e. The highest BCUT2D eigenvalue weighted by molar-refractivity contribution is 5.87. The molecule has 2 N–H and O–H groups in total. The summed E-state index contributed by atoms with van der Waals surface area (Å²) < 4.78 is 11.0. The standard InChI is InChI=1S/C16H13NO3/c18-15-11(5-6-14-16(15)20-8-7-19-14)13-9-10-3-1-2-4-12(10)17-13/h1-6,9,17-18H,7-8H2. The van der Waals surface area contributed by atoms with E-state index in [1.54, 1.807) is 0 Å². The Morgan fingerprint density at radius 1 is 1.00 bits per heavy atom. The normalized spacial score (nSPS) is 13.6. The van der Waals surface area contributed by atoms with Crippen LogP contribution in [0.5, 0.6) is 17.2 Å². The molecule has 0 unspecified atom stereocenters. The van der Waals surface area contributed by atoms with E-state index in [0.29, 0.717) is 30.3 Å². The quantitative estimate of drug-likeness (QED) is 0.711. The van der Waals surface area contributed by atoms with Crippen molar-refractivity contribution in [2.24, 2.45) is 0 Å². The van der Waals surface area contributed by atoms with E-state index in [1.807, 2.05) is 42.5 Å². The van der Waals surface area contributed by atoms with E-state index in [1.165, 1.54) is 0 Å². The van der Waals surface area contributed by atoms with Crippen LogP contribution in [0.25, 0.3) is 22.2 Å². The largest absolute Gasteiger partial charge is 0.504 e. The van der Waals surface area contributed by atoms with Gasteiger partial charge in [0.2, 0.25) is 5.75 Å². The molecule has 0 amide bonds. The number of nitrogens with one attached hydrogen (secondary N) is 1. The number of fused-ring (bicyclic) bond motifs is 2. The van der Waals surface area contributed by atoms with Crippen molar-refractivity contribution in [1.82, 2.24) is 4.98 Å². The lowest BCUT2D eigenvalue weighted by Crippen LogP contribution is -2.15. The third-order valence-corrected chi connectivity index (χ3v) is 3.50. The molecule has 100 valence electrons. The van der Waals surface area contributed by atoms with Gasteiger partial charge in [0.1, 0.15) is 13.2 Å². The number of H-pyrrole nitrogens is 1. The summed E-state index contributed by atoms with van der Waals surface area (Å²) in [5.41, 5.74) is 2.61. The monoisotopic (exact) mass is 267 g/mol. The van der Waals surface area contributed by atoms with Gasteiger partial charge in [0.25, 0.3) is 0 Å². The van der Waals surface area contributed by atoms with Crippen LogP contribution in [0, 0.1) is 0 Å². The van der Waals surface area contributed by atoms with Gasteiger partial charge in [-0.15, -0.1) is 0 Å². The maximum Gasteiger partial charge on any atom is 0.204 e. The lowest BCUT2D eigenvalue weighted by Gasteiger charge is -2.20. The van der Waals surface area contributed by atoms with E-state index in [9.17, 15) is 5.11 Å². The first-order valence-electron chi connectivity index (χ1n) is 6.52. The maximum atomic E-state index is 10.4. The molecule has 0 saturated carbocycles. The summed E-state index contributed by atoms with van der Waals surface area (Å²) >= 11 is 0. The molecular formula is C16H13NO3. The van der Waals surface area contributed by atoms with Crippen molar-refractivity contribution in [3.05, 3.63) is 42.5 Å². The molecule has 4 nitrogen and oxygen atoms in total. The molecule has 0 saturated heterocycles. The Bertz CT molecular complexity index is 759. The Morgan fingerprint density at radius 3 is 2.75 bits per heavy atom. The number of aromatic nitrogens is 1. The third-order valence-electron chi connectivity index (χ3n) is 3.50. The van der Waals surface area contributed by atoms with Crippen LogP contribution in [0.4, 0.5) is 0 Å². The van der Waals surface area contributed by atoms with Crippen LogP contribution >= 0.6 is 0 Å². The van der Waals surface area contributed by atoms with Gasteiger partial charge in [-0.25, -0.2) is 0 Å². The average Bonchev–Trinajstić information content (AvgIpc) is 2.91. The second-order valence-electron chi connectivity index (χ2n) is 4.76. The van der Waals surface area contributed by atoms with Crippen LogP contribution in [-0.2, 0) is 0 Å². The summed E-state index contributed by atoms with van der Waals surface area (Å²) in [4.78, 5) is 3.30. The highest BCUT2D eigenvalue weighted by Gasteiger charge is 2.20. The number of aromatic hydroxyl groups is 1. The number of phenols is 1. The molecule has 4 heteroatoms. The number of hydrogen-bond acceptors (Lipinski definition) is 3. The smallest absolute Gasteiger partial charge is 0.204 e. The predicted octanol–water partition coefficient (Wildman–Crippen LogP) is 3.31. The van der Waals surface area contributed by atoms with E-state index < -0.39 is 0 Å². The van der Waals surface area contributed by atoms with Crippen LogP contribution in [0.2, 0.25) is 0 Å². The molecule has 1 aromatic heterocycles. The van der Waals surface area contributed by atoms with Crippen LogP contribution < -0.4 is 9.47 Å². The zero-order chi connectivity index (χ0) is 13.5. The molecule has 4 rings (SSSR count). The van der Waals surface area contributed by atoms with Crippen LogP contribution in [0.1, 0.15) is 0 Å². The molecule has 0 aliphatic carbocycles. The number of benzene rings is 2. The summed E-state index contributed by atoms with van der Waals surface area (Å²) in [5.74, 6) is 1.13. The molecule has 0 fully saturated rings. The van der Waals surface area contributed by atoms with Crippen LogP contribution in [-0.4, -0.2) is 23.3 Å². The van der Waals surface area contributed by atoms with Gasteiger partial charge in [-0.2, -0.15) is 0 Å². The third kappa shape index (κ3) is 1.61. The van der Waals surface area contributed by atoms with Crippen molar-refractivity contribution >= 4 is 10.9 Å². The van der Waals surface area contributed by atoms with Gasteiger partial charge in [0.05, 0.1) is 5.69 Å². The molecule has 0 radical (unpaired) electrons. The molecule has 2 heterocycles. The molecule has 20 heavy (non-hydrogen) atoms. The summed E-state index contributed by atoms with van der Waals surface area (Å²) in [7, 11) is 0. The summed E-state index contributed by atoms with van der Waals surface area (Å²) in [6, 6.07) is 13.7. The van der Waals surface area contributed by atoms with Crippen molar-refractivity contribution in [1.29, 1.82) is 0 Å². The number of phenolic OH excluding ortho intramolecular Hbond substituents is 1. The molecule has 1 aliphatic heterocycles. The number of para-hydroxylation sites is 1. The number of aromatic amines is 1. The first-order valence-corrected chi connectivity index (χ1v) is 6.52. The van der Waals surface area contributed by atoms with Gasteiger partial charge in [0.15, 0.2) is 11.5 Å². The van der Waals surface area contributed by atoms with Crippen molar-refractivity contribution < 1.29 is 14.6 Å². The first kappa shape index (κ1) is 11.2. The van der Waals surface area contributed by atoms with Crippen molar-refractivity contribution in [3.8, 4) is 28.5 Å². The van der Waals surface area contributed by atoms with Gasteiger partial charge in [-0.05, 0) is 24.3 Å². The Hall–Kier alpha value is -2.62. The fraction of sp³-hybridized carbons (Fsp3) is 0.125. The minimum absolute atomic E-state index is 0.119. The van der Waals surface area contributed by atoms with Gasteiger partial charge >= 0.3 is 0 Å². The van der Waals surface area contributed by atoms with Gasteiger partial charge in [-0.3, -0.25) is 0 Å². The van der Waals surface area contributed by atoms with E-state index in [0.717, 1.165) is 16.6 Å². The van der Waals surface area contributed by atoms with Gasteiger partial charge < -0.3 is 19.6 Å². The highest BCUT2D eigenvalue weighted by Crippen LogP contribution is 2.45.